The molecule has 0 bridgehead atoms. The second-order valence-corrected chi connectivity index (χ2v) is 3.44. The van der Waals surface area contributed by atoms with Crippen LogP contribution in [0, 0.1) is 0 Å². The van der Waals surface area contributed by atoms with Crippen LogP contribution < -0.4 is 11.3 Å². The van der Waals surface area contributed by atoms with Crippen molar-refractivity contribution in [3.8, 4) is 0 Å². The molecule has 0 aliphatic rings. The third-order valence-electron chi connectivity index (χ3n) is 1.87. The van der Waals surface area contributed by atoms with Gasteiger partial charge < -0.3 is 15.8 Å². The number of hydrogen-bond donors (Lipinski definition) is 3. The summed E-state index contributed by atoms with van der Waals surface area (Å²) in [5.41, 5.74) is 3.69. The number of rotatable bonds is 2. The molecular weight excluding hydrogens is 208 g/mol. The van der Waals surface area contributed by atoms with Crippen molar-refractivity contribution in [2.24, 2.45) is 5.73 Å². The molecule has 1 unspecified atom stereocenters. The average Bonchev–Trinajstić information content (AvgIpc) is 2.02. The lowest BCUT2D eigenvalue weighted by atomic mass is 9.95. The Hall–Kier alpha value is -1.33. The molecule has 0 amide bonds. The Labute approximate surface area is 84.5 Å². The van der Waals surface area contributed by atoms with Crippen molar-refractivity contribution < 1.29 is 9.90 Å². The van der Waals surface area contributed by atoms with Gasteiger partial charge in [0.15, 0.2) is 0 Å². The van der Waals surface area contributed by atoms with Crippen molar-refractivity contribution in [1.29, 1.82) is 0 Å². The molecule has 0 fully saturated rings. The molecule has 0 radical (unpaired) electrons. The second kappa shape index (κ2) is 3.43. The summed E-state index contributed by atoms with van der Waals surface area (Å²) >= 11 is 5.66. The minimum absolute atomic E-state index is 0.0510. The van der Waals surface area contributed by atoms with Gasteiger partial charge >= 0.3 is 5.97 Å². The fourth-order valence-electron chi connectivity index (χ4n) is 0.966. The zero-order valence-corrected chi connectivity index (χ0v) is 8.13. The van der Waals surface area contributed by atoms with Gasteiger partial charge in [-0.05, 0) is 13.0 Å². The lowest BCUT2D eigenvalue weighted by Crippen LogP contribution is -2.42. The van der Waals surface area contributed by atoms with Gasteiger partial charge in [0, 0.05) is 11.6 Å². The molecule has 0 saturated carbocycles. The number of nitrogens with two attached hydrogens (primary N) is 1. The number of pyridine rings is 1. The Kier molecular flexibility index (Phi) is 2.64. The smallest absolute Gasteiger partial charge is 0.328 e. The lowest BCUT2D eigenvalue weighted by Gasteiger charge is -2.20. The summed E-state index contributed by atoms with van der Waals surface area (Å²) in [7, 11) is 0. The zero-order valence-electron chi connectivity index (χ0n) is 7.37. The number of carboxylic acid groups (broad SMARTS) is 1. The van der Waals surface area contributed by atoms with Crippen molar-refractivity contribution in [3.63, 3.8) is 0 Å². The van der Waals surface area contributed by atoms with E-state index in [2.05, 4.69) is 4.98 Å². The topological polar surface area (TPSA) is 96.2 Å². The molecule has 1 heterocycles. The quantitative estimate of drug-likeness (QED) is 0.619. The van der Waals surface area contributed by atoms with E-state index in [-0.39, 0.29) is 10.7 Å². The highest BCUT2D eigenvalue weighted by Gasteiger charge is 2.32. The molecule has 1 aromatic rings. The summed E-state index contributed by atoms with van der Waals surface area (Å²) in [5.74, 6) is -1.22. The molecule has 5 nitrogen and oxygen atoms in total. The van der Waals surface area contributed by atoms with E-state index in [1.807, 2.05) is 0 Å². The van der Waals surface area contributed by atoms with E-state index in [0.717, 1.165) is 0 Å². The maximum Gasteiger partial charge on any atom is 0.328 e. The van der Waals surface area contributed by atoms with Gasteiger partial charge in [0.1, 0.15) is 10.7 Å². The van der Waals surface area contributed by atoms with Crippen LogP contribution in [0.25, 0.3) is 0 Å². The maximum atomic E-state index is 10.8. The van der Waals surface area contributed by atoms with Crippen LogP contribution in [0.5, 0.6) is 0 Å². The van der Waals surface area contributed by atoms with E-state index in [4.69, 9.17) is 22.4 Å². The molecule has 0 aromatic carbocycles. The Bertz CT molecular complexity index is 425. The number of carbonyl (C=O) groups is 1. The van der Waals surface area contributed by atoms with Crippen LogP contribution >= 0.6 is 11.6 Å². The molecule has 1 rings (SSSR count). The Balaban J connectivity index is 3.33. The van der Waals surface area contributed by atoms with Crippen LogP contribution in [0.1, 0.15) is 12.5 Å². The van der Waals surface area contributed by atoms with Gasteiger partial charge in [-0.2, -0.15) is 0 Å². The number of H-pyrrole nitrogens is 1. The molecule has 0 spiro atoms. The molecule has 1 aromatic heterocycles. The van der Waals surface area contributed by atoms with Crippen molar-refractivity contribution in [1.82, 2.24) is 4.98 Å². The van der Waals surface area contributed by atoms with Gasteiger partial charge in [0.25, 0.3) is 0 Å². The van der Waals surface area contributed by atoms with E-state index in [1.54, 1.807) is 0 Å². The standard InChI is InChI=1S/C8H9ClN2O3/c1-8(10,7(13)14)4-2-3-5(12)11-6(4)9/h2-3H,10H2,1H3,(H,11,12)(H,13,14). The number of aromatic nitrogens is 1. The van der Waals surface area contributed by atoms with Crippen molar-refractivity contribution in [2.45, 2.75) is 12.5 Å². The monoisotopic (exact) mass is 216 g/mol. The molecule has 76 valence electrons. The first-order valence-electron chi connectivity index (χ1n) is 3.77. The number of aliphatic carboxylic acids is 1. The molecule has 14 heavy (non-hydrogen) atoms. The Morgan fingerprint density at radius 3 is 2.64 bits per heavy atom. The van der Waals surface area contributed by atoms with Crippen molar-refractivity contribution >= 4 is 17.6 Å². The predicted octanol–water partition coefficient (Wildman–Crippen LogP) is 0.287. The fraction of sp³-hybridized carbons (Fsp3) is 0.250. The van der Waals surface area contributed by atoms with Gasteiger partial charge in [0.05, 0.1) is 0 Å². The molecule has 4 N–H and O–H groups in total. The number of aromatic amines is 1. The molecule has 0 saturated heterocycles. The lowest BCUT2D eigenvalue weighted by molar-refractivity contribution is -0.143. The minimum atomic E-state index is -1.61. The molecular formula is C8H9ClN2O3. The SMILES string of the molecule is CC(N)(C(=O)O)c1ccc(=O)[nH]c1Cl. The van der Waals surface area contributed by atoms with Crippen LogP contribution in [0.2, 0.25) is 5.15 Å². The summed E-state index contributed by atoms with van der Waals surface area (Å²) < 4.78 is 0. The van der Waals surface area contributed by atoms with E-state index in [1.165, 1.54) is 19.1 Å². The highest BCUT2D eigenvalue weighted by Crippen LogP contribution is 2.22. The minimum Gasteiger partial charge on any atom is -0.480 e. The highest BCUT2D eigenvalue weighted by molar-refractivity contribution is 6.30. The van der Waals surface area contributed by atoms with Crippen molar-refractivity contribution in [2.75, 3.05) is 0 Å². The summed E-state index contributed by atoms with van der Waals surface area (Å²) in [5, 5.41) is 8.76. The van der Waals surface area contributed by atoms with E-state index in [0.29, 0.717) is 0 Å². The average molecular weight is 217 g/mol. The van der Waals surface area contributed by atoms with Crippen LogP contribution in [0.15, 0.2) is 16.9 Å². The fourth-order valence-corrected chi connectivity index (χ4v) is 1.32. The molecule has 6 heteroatoms. The second-order valence-electron chi connectivity index (χ2n) is 3.06. The molecule has 0 aliphatic heterocycles. The largest absolute Gasteiger partial charge is 0.480 e. The Morgan fingerprint density at radius 1 is 1.64 bits per heavy atom. The molecule has 0 aliphatic carbocycles. The van der Waals surface area contributed by atoms with Gasteiger partial charge in [-0.3, -0.25) is 4.79 Å². The first-order chi connectivity index (χ1) is 6.35. The van der Waals surface area contributed by atoms with Crippen LogP contribution in [0.4, 0.5) is 0 Å². The first-order valence-corrected chi connectivity index (χ1v) is 4.15. The highest BCUT2D eigenvalue weighted by atomic mass is 35.5. The van der Waals surface area contributed by atoms with Gasteiger partial charge in [-0.15, -0.1) is 0 Å². The summed E-state index contributed by atoms with van der Waals surface area (Å²) in [6, 6.07) is 2.48. The van der Waals surface area contributed by atoms with Crippen LogP contribution in [-0.4, -0.2) is 16.1 Å². The number of hydrogen-bond acceptors (Lipinski definition) is 3. The third-order valence-corrected chi connectivity index (χ3v) is 2.17. The number of halogens is 1. The zero-order chi connectivity index (χ0) is 10.9. The summed E-state index contributed by atoms with van der Waals surface area (Å²) in [6.45, 7) is 1.30. The Morgan fingerprint density at radius 2 is 2.21 bits per heavy atom. The summed E-state index contributed by atoms with van der Waals surface area (Å²) in [6.07, 6.45) is 0. The maximum absolute atomic E-state index is 10.8. The number of carboxylic acids is 1. The van der Waals surface area contributed by atoms with Gasteiger partial charge in [-0.1, -0.05) is 11.6 Å². The third kappa shape index (κ3) is 1.78. The normalized spacial score (nSPS) is 14.8. The first kappa shape index (κ1) is 10.7. The number of nitrogens with one attached hydrogen (secondary N) is 1. The van der Waals surface area contributed by atoms with Gasteiger partial charge in [-0.25, -0.2) is 4.79 Å². The van der Waals surface area contributed by atoms with Crippen molar-refractivity contribution in [3.05, 3.63) is 33.2 Å². The van der Waals surface area contributed by atoms with Crippen LogP contribution in [0.3, 0.4) is 0 Å². The summed E-state index contributed by atoms with van der Waals surface area (Å²) in [4.78, 5) is 23.9. The van der Waals surface area contributed by atoms with E-state index < -0.39 is 17.1 Å². The predicted molar refractivity (Wildman–Crippen MR) is 51.2 cm³/mol. The van der Waals surface area contributed by atoms with Gasteiger partial charge in [0.2, 0.25) is 5.56 Å². The van der Waals surface area contributed by atoms with E-state index in [9.17, 15) is 9.59 Å². The van der Waals surface area contributed by atoms with E-state index >= 15 is 0 Å². The van der Waals surface area contributed by atoms with Crippen LogP contribution in [-0.2, 0) is 10.3 Å². The molecule has 1 atom stereocenters.